The van der Waals surface area contributed by atoms with E-state index < -0.39 is 0 Å². The van der Waals surface area contributed by atoms with Crippen molar-refractivity contribution >= 4 is 94.2 Å². The van der Waals surface area contributed by atoms with E-state index in [9.17, 15) is 0 Å². The van der Waals surface area contributed by atoms with Gasteiger partial charge in [-0.15, -0.1) is 0 Å². The Balaban J connectivity index is 0.000000428. The van der Waals surface area contributed by atoms with Crippen LogP contribution in [0.5, 0.6) is 11.5 Å². The second-order valence-corrected chi connectivity index (χ2v) is 9.06. The molecule has 27 heavy (non-hydrogen) atoms. The van der Waals surface area contributed by atoms with Crippen LogP contribution >= 0.6 is 94.2 Å². The second-order valence-electron chi connectivity index (χ2n) is 5.05. The van der Waals surface area contributed by atoms with Crippen LogP contribution in [0.1, 0.15) is 11.1 Å². The maximum Gasteiger partial charge on any atom is 0.156 e. The smallest absolute Gasteiger partial charge is 0.156 e. The number of aryl methyl sites for hydroxylation is 2. The molecule has 0 aliphatic rings. The maximum absolute atomic E-state index is 9.07. The van der Waals surface area contributed by atoms with Gasteiger partial charge in [-0.25, -0.2) is 0 Å². The summed E-state index contributed by atoms with van der Waals surface area (Å²) in [6.07, 6.45) is 0. The quantitative estimate of drug-likeness (QED) is 0.336. The zero-order valence-corrected chi connectivity index (χ0v) is 22.4. The first-order chi connectivity index (χ1) is 12.7. The summed E-state index contributed by atoms with van der Waals surface area (Å²) in [5.74, 6) is 0.516. The first-order valence-electron chi connectivity index (χ1n) is 7.58. The number of aromatic hydroxyl groups is 1. The number of ether oxygens (including phenoxy) is 1. The second kappa shape index (κ2) is 15.5. The lowest BCUT2D eigenvalue weighted by atomic mass is 10.2. The van der Waals surface area contributed by atoms with Crippen molar-refractivity contribution in [1.82, 2.24) is 0 Å². The first kappa shape index (κ1) is 27.6. The molecule has 0 aliphatic heterocycles. The van der Waals surface area contributed by atoms with E-state index >= 15 is 0 Å². The lowest BCUT2D eigenvalue weighted by Gasteiger charge is -2.08. The van der Waals surface area contributed by atoms with Crippen molar-refractivity contribution in [1.29, 1.82) is 0 Å². The third-order valence-corrected chi connectivity index (χ3v) is 6.02. The predicted octanol–water partition coefficient (Wildman–Crippen LogP) is 8.86. The van der Waals surface area contributed by atoms with Gasteiger partial charge in [-0.3, -0.25) is 0 Å². The molecule has 0 fully saturated rings. The van der Waals surface area contributed by atoms with Crippen LogP contribution < -0.4 is 4.74 Å². The minimum absolute atomic E-state index is 0.0473. The Morgan fingerprint density at radius 1 is 0.741 bits per heavy atom. The van der Waals surface area contributed by atoms with Crippen molar-refractivity contribution in [3.63, 3.8) is 0 Å². The van der Waals surface area contributed by atoms with E-state index in [-0.39, 0.29) is 5.75 Å². The van der Waals surface area contributed by atoms with Gasteiger partial charge >= 0.3 is 0 Å². The molecule has 0 spiro atoms. The molecular weight excluding hydrogens is 630 g/mol. The zero-order valence-electron chi connectivity index (χ0n) is 14.6. The fraction of sp³-hybridized carbons (Fsp3) is 0.333. The van der Waals surface area contributed by atoms with Gasteiger partial charge in [0, 0.05) is 16.0 Å². The fourth-order valence-electron chi connectivity index (χ4n) is 1.66. The number of hydrogen-bond donors (Lipinski definition) is 1. The standard InChI is InChI=1S/C9H9BrCl2O.C7H6Cl2O.C2H4Br2/c1-6-4-7(11)9(8(12)5-6)13-3-2-10;1-4-2-5(8)7(10)6(9)3-4;3-1-2-4/h4-5H,2-3H2,1H3;2-3,10H,1H3;1-2H2. The van der Waals surface area contributed by atoms with E-state index in [0.29, 0.717) is 32.4 Å². The summed E-state index contributed by atoms with van der Waals surface area (Å²) in [4.78, 5) is 0. The minimum atomic E-state index is -0.0473. The van der Waals surface area contributed by atoms with Gasteiger partial charge in [0.25, 0.3) is 0 Å². The number of rotatable bonds is 4. The molecule has 0 unspecified atom stereocenters. The number of hydrogen-bond acceptors (Lipinski definition) is 2. The van der Waals surface area contributed by atoms with E-state index in [1.165, 1.54) is 0 Å². The number of halogens is 7. The average Bonchev–Trinajstić information content (AvgIpc) is 2.59. The van der Waals surface area contributed by atoms with Crippen LogP contribution in [-0.2, 0) is 0 Å². The predicted molar refractivity (Wildman–Crippen MR) is 131 cm³/mol. The Morgan fingerprint density at radius 3 is 1.44 bits per heavy atom. The molecule has 0 saturated carbocycles. The van der Waals surface area contributed by atoms with Crippen molar-refractivity contribution < 1.29 is 9.84 Å². The van der Waals surface area contributed by atoms with Crippen molar-refractivity contribution in [2.45, 2.75) is 13.8 Å². The molecule has 0 radical (unpaired) electrons. The molecule has 0 bridgehead atoms. The lowest BCUT2D eigenvalue weighted by molar-refractivity contribution is 0.345. The van der Waals surface area contributed by atoms with Gasteiger partial charge in [0.15, 0.2) is 11.5 Å². The SMILES string of the molecule is BrCCBr.Cc1cc(Cl)c(O)c(Cl)c1.Cc1cc(Cl)c(OCCBr)c(Cl)c1. The van der Waals surface area contributed by atoms with Gasteiger partial charge in [0.2, 0.25) is 0 Å². The lowest BCUT2D eigenvalue weighted by Crippen LogP contribution is -1.99. The highest BCUT2D eigenvalue weighted by molar-refractivity contribution is 9.12. The molecule has 0 atom stereocenters. The van der Waals surface area contributed by atoms with E-state index in [2.05, 4.69) is 47.8 Å². The number of alkyl halides is 3. The molecular formula is C18H19Br3Cl4O2. The molecule has 1 N–H and O–H groups in total. The van der Waals surface area contributed by atoms with Gasteiger partial charge in [0.1, 0.15) is 0 Å². The van der Waals surface area contributed by atoms with Gasteiger partial charge in [-0.05, 0) is 49.2 Å². The van der Waals surface area contributed by atoms with Gasteiger partial charge in [0.05, 0.1) is 26.7 Å². The summed E-state index contributed by atoms with van der Waals surface area (Å²) in [7, 11) is 0. The topological polar surface area (TPSA) is 29.5 Å². The molecule has 2 nitrogen and oxygen atoms in total. The number of phenolic OH excluding ortho intramolecular Hbond substituents is 1. The Bertz CT molecular complexity index is 667. The third kappa shape index (κ3) is 11.4. The maximum atomic E-state index is 9.07. The zero-order chi connectivity index (χ0) is 21.0. The van der Waals surface area contributed by atoms with Crippen LogP contribution in [0, 0.1) is 13.8 Å². The summed E-state index contributed by atoms with van der Waals surface area (Å²) in [5.41, 5.74) is 1.97. The summed E-state index contributed by atoms with van der Waals surface area (Å²) >= 11 is 32.7. The van der Waals surface area contributed by atoms with Gasteiger partial charge < -0.3 is 9.84 Å². The largest absolute Gasteiger partial charge is 0.505 e. The van der Waals surface area contributed by atoms with E-state index in [4.69, 9.17) is 56.2 Å². The van der Waals surface area contributed by atoms with Crippen LogP contribution in [0.3, 0.4) is 0 Å². The highest BCUT2D eigenvalue weighted by Crippen LogP contribution is 2.34. The van der Waals surface area contributed by atoms with Crippen molar-refractivity contribution in [2.24, 2.45) is 0 Å². The van der Waals surface area contributed by atoms with Crippen LogP contribution in [0.15, 0.2) is 24.3 Å². The molecule has 0 heterocycles. The Hall–Kier alpha value is 0.640. The molecule has 2 aromatic rings. The van der Waals surface area contributed by atoms with Crippen LogP contribution in [0.25, 0.3) is 0 Å². The molecule has 152 valence electrons. The molecule has 0 aliphatic carbocycles. The Morgan fingerprint density at radius 2 is 1.11 bits per heavy atom. The minimum Gasteiger partial charge on any atom is -0.505 e. The monoisotopic (exact) mass is 644 g/mol. The van der Waals surface area contributed by atoms with Crippen LogP contribution in [0.2, 0.25) is 20.1 Å². The number of phenols is 1. The summed E-state index contributed by atoms with van der Waals surface area (Å²) in [6, 6.07) is 6.97. The van der Waals surface area contributed by atoms with E-state index in [1.54, 1.807) is 12.1 Å². The van der Waals surface area contributed by atoms with Crippen molar-refractivity contribution in [2.75, 3.05) is 22.6 Å². The van der Waals surface area contributed by atoms with Crippen LogP contribution in [-0.4, -0.2) is 27.7 Å². The molecule has 0 amide bonds. The van der Waals surface area contributed by atoms with Crippen molar-refractivity contribution in [3.05, 3.63) is 55.5 Å². The van der Waals surface area contributed by atoms with Crippen molar-refractivity contribution in [3.8, 4) is 11.5 Å². The fourth-order valence-corrected chi connectivity index (χ4v) is 3.12. The van der Waals surface area contributed by atoms with E-state index in [1.807, 2.05) is 26.0 Å². The molecule has 9 heteroatoms. The molecule has 0 aromatic heterocycles. The normalized spacial score (nSPS) is 9.67. The summed E-state index contributed by atoms with van der Waals surface area (Å²) < 4.78 is 5.36. The van der Waals surface area contributed by atoms with Gasteiger partial charge in [-0.2, -0.15) is 0 Å². The molecule has 2 rings (SSSR count). The van der Waals surface area contributed by atoms with Gasteiger partial charge in [-0.1, -0.05) is 94.2 Å². The highest BCUT2D eigenvalue weighted by atomic mass is 79.9. The Kier molecular flexibility index (Phi) is 15.8. The summed E-state index contributed by atoms with van der Waals surface area (Å²) in [5, 5.41) is 13.6. The number of benzene rings is 2. The summed E-state index contributed by atoms with van der Waals surface area (Å²) in [6.45, 7) is 4.35. The average molecular weight is 649 g/mol. The van der Waals surface area contributed by atoms with Crippen LogP contribution in [0.4, 0.5) is 0 Å². The molecule has 0 saturated heterocycles. The molecule has 2 aromatic carbocycles. The van der Waals surface area contributed by atoms with E-state index in [0.717, 1.165) is 27.1 Å². The third-order valence-electron chi connectivity index (χ3n) is 2.70. The Labute approximate surface area is 205 Å². The first-order valence-corrected chi connectivity index (χ1v) is 12.5. The highest BCUT2D eigenvalue weighted by Gasteiger charge is 2.07.